The number of nitrogens with two attached hydrogens (primary N) is 1. The number of benzene rings is 2. The minimum Gasteiger partial charge on any atom is -0.362 e. The van der Waals surface area contributed by atoms with Gasteiger partial charge in [0.05, 0.1) is 18.0 Å². The fourth-order valence-electron chi connectivity index (χ4n) is 3.76. The number of aryl methyl sites for hydroxylation is 3. The number of sulfonamides is 1. The first kappa shape index (κ1) is 21.8. The smallest absolute Gasteiger partial charge is 0.243 e. The fraction of sp³-hybridized carbons (Fsp3) is 0.333. The van der Waals surface area contributed by atoms with E-state index in [1.165, 1.54) is 6.07 Å². The van der Waals surface area contributed by atoms with E-state index in [0.717, 1.165) is 33.6 Å². The van der Waals surface area contributed by atoms with Gasteiger partial charge in [0.2, 0.25) is 21.8 Å². The lowest BCUT2D eigenvalue weighted by Crippen LogP contribution is -2.40. The van der Waals surface area contributed by atoms with Gasteiger partial charge in [-0.15, -0.1) is 0 Å². The predicted octanol–water partition coefficient (Wildman–Crippen LogP) is 1.38. The molecule has 1 aliphatic heterocycles. The Balaban J connectivity index is 1.56. The van der Waals surface area contributed by atoms with Crippen molar-refractivity contribution in [1.82, 2.24) is 5.32 Å². The molecule has 2 aromatic rings. The van der Waals surface area contributed by atoms with Gasteiger partial charge in [-0.1, -0.05) is 17.7 Å². The van der Waals surface area contributed by atoms with Gasteiger partial charge in [-0.3, -0.25) is 9.59 Å². The second-order valence-corrected chi connectivity index (χ2v) is 9.17. The molecule has 160 valence electrons. The van der Waals surface area contributed by atoms with Crippen LogP contribution in [-0.4, -0.2) is 39.9 Å². The Bertz CT molecular complexity index is 1090. The Kier molecular flexibility index (Phi) is 6.14. The standard InChI is InChI=1S/C21H26N4O4S/c1-13-8-14(2)21(15(3)9-13)24-19(26)11-23-20(27)12-25-7-6-16-10-17(30(22,28)29)4-5-18(16)25/h4-5,8-10H,6-7,11-12H2,1-3H3,(H,23,27)(H,24,26)(H2,22,28,29). The number of hydrogen-bond acceptors (Lipinski definition) is 5. The van der Waals surface area contributed by atoms with Crippen LogP contribution in [0.4, 0.5) is 11.4 Å². The third kappa shape index (κ3) is 4.98. The minimum absolute atomic E-state index is 0.0610. The summed E-state index contributed by atoms with van der Waals surface area (Å²) in [6, 6.07) is 8.62. The normalized spacial score (nSPS) is 13.1. The van der Waals surface area contributed by atoms with E-state index in [0.29, 0.717) is 13.0 Å². The number of carbonyl (C=O) groups is 2. The molecule has 9 heteroatoms. The molecule has 0 spiro atoms. The maximum absolute atomic E-state index is 12.3. The van der Waals surface area contributed by atoms with Crippen LogP contribution in [0.2, 0.25) is 0 Å². The average Bonchev–Trinajstić information content (AvgIpc) is 3.04. The van der Waals surface area contributed by atoms with E-state index in [1.54, 1.807) is 12.1 Å². The zero-order valence-corrected chi connectivity index (χ0v) is 18.1. The highest BCUT2D eigenvalue weighted by molar-refractivity contribution is 7.89. The van der Waals surface area contributed by atoms with Crippen molar-refractivity contribution < 1.29 is 18.0 Å². The van der Waals surface area contributed by atoms with Crippen LogP contribution < -0.4 is 20.7 Å². The maximum atomic E-state index is 12.3. The molecular weight excluding hydrogens is 404 g/mol. The zero-order valence-electron chi connectivity index (χ0n) is 17.3. The summed E-state index contributed by atoms with van der Waals surface area (Å²) in [6.45, 7) is 6.40. The maximum Gasteiger partial charge on any atom is 0.243 e. The Labute approximate surface area is 176 Å². The van der Waals surface area contributed by atoms with Crippen molar-refractivity contribution >= 4 is 33.2 Å². The summed E-state index contributed by atoms with van der Waals surface area (Å²) < 4.78 is 23.0. The van der Waals surface area contributed by atoms with Gasteiger partial charge < -0.3 is 15.5 Å². The molecule has 0 fully saturated rings. The number of nitrogens with zero attached hydrogens (tertiary/aromatic N) is 1. The lowest BCUT2D eigenvalue weighted by molar-refractivity contribution is -0.123. The number of rotatable bonds is 6. The Morgan fingerprint density at radius 3 is 2.37 bits per heavy atom. The minimum atomic E-state index is -3.76. The molecule has 3 rings (SSSR count). The van der Waals surface area contributed by atoms with E-state index >= 15 is 0 Å². The van der Waals surface area contributed by atoms with Crippen LogP contribution in [0.3, 0.4) is 0 Å². The molecule has 0 bridgehead atoms. The van der Waals surface area contributed by atoms with Gasteiger partial charge in [-0.05, 0) is 62.1 Å². The van der Waals surface area contributed by atoms with Gasteiger partial charge in [0.15, 0.2) is 0 Å². The van der Waals surface area contributed by atoms with Crippen LogP contribution in [-0.2, 0) is 26.0 Å². The van der Waals surface area contributed by atoms with Crippen molar-refractivity contribution in [2.45, 2.75) is 32.1 Å². The van der Waals surface area contributed by atoms with E-state index in [2.05, 4.69) is 10.6 Å². The number of amides is 2. The molecule has 0 unspecified atom stereocenters. The Morgan fingerprint density at radius 2 is 1.73 bits per heavy atom. The monoisotopic (exact) mass is 430 g/mol. The highest BCUT2D eigenvalue weighted by atomic mass is 32.2. The van der Waals surface area contributed by atoms with E-state index < -0.39 is 10.0 Å². The fourth-order valence-corrected chi connectivity index (χ4v) is 4.32. The van der Waals surface area contributed by atoms with Crippen molar-refractivity contribution in [2.24, 2.45) is 5.14 Å². The van der Waals surface area contributed by atoms with Crippen LogP contribution >= 0.6 is 0 Å². The molecule has 8 nitrogen and oxygen atoms in total. The number of carbonyl (C=O) groups excluding carboxylic acids is 2. The van der Waals surface area contributed by atoms with Crippen LogP contribution in [0.1, 0.15) is 22.3 Å². The van der Waals surface area contributed by atoms with E-state index in [1.807, 2.05) is 37.8 Å². The van der Waals surface area contributed by atoms with Crippen molar-refractivity contribution in [3.8, 4) is 0 Å². The number of anilines is 2. The molecule has 0 aromatic heterocycles. The van der Waals surface area contributed by atoms with Crippen LogP contribution in [0, 0.1) is 20.8 Å². The number of nitrogens with one attached hydrogen (secondary N) is 2. The van der Waals surface area contributed by atoms with Crippen molar-refractivity contribution in [1.29, 1.82) is 0 Å². The highest BCUT2D eigenvalue weighted by Gasteiger charge is 2.23. The second-order valence-electron chi connectivity index (χ2n) is 7.61. The molecule has 0 aliphatic carbocycles. The van der Waals surface area contributed by atoms with E-state index in [-0.39, 0.29) is 29.8 Å². The Hall–Kier alpha value is -2.91. The van der Waals surface area contributed by atoms with E-state index in [9.17, 15) is 18.0 Å². The molecule has 1 aliphatic rings. The third-order valence-electron chi connectivity index (χ3n) is 5.09. The summed E-state index contributed by atoms with van der Waals surface area (Å²) in [4.78, 5) is 26.5. The van der Waals surface area contributed by atoms with Crippen molar-refractivity contribution in [3.63, 3.8) is 0 Å². The molecule has 2 aromatic carbocycles. The molecule has 0 saturated heterocycles. The highest BCUT2D eigenvalue weighted by Crippen LogP contribution is 2.29. The number of fused-ring (bicyclic) bond motifs is 1. The van der Waals surface area contributed by atoms with Crippen molar-refractivity contribution in [3.05, 3.63) is 52.6 Å². The molecule has 1 heterocycles. The SMILES string of the molecule is Cc1cc(C)c(NC(=O)CNC(=O)CN2CCc3cc(S(N)(=O)=O)ccc32)c(C)c1. The first-order chi connectivity index (χ1) is 14.0. The lowest BCUT2D eigenvalue weighted by Gasteiger charge is -2.19. The number of primary sulfonamides is 1. The quantitative estimate of drug-likeness (QED) is 0.639. The molecule has 0 radical (unpaired) electrons. The van der Waals surface area contributed by atoms with Crippen LogP contribution in [0.25, 0.3) is 0 Å². The first-order valence-electron chi connectivity index (χ1n) is 9.59. The zero-order chi connectivity index (χ0) is 22.1. The molecule has 0 atom stereocenters. The predicted molar refractivity (Wildman–Crippen MR) is 116 cm³/mol. The van der Waals surface area contributed by atoms with Crippen molar-refractivity contribution in [2.75, 3.05) is 29.9 Å². The summed E-state index contributed by atoms with van der Waals surface area (Å²) in [5, 5.41) is 10.7. The van der Waals surface area contributed by atoms with Gasteiger partial charge in [0, 0.05) is 17.9 Å². The summed E-state index contributed by atoms with van der Waals surface area (Å²) in [5.74, 6) is -0.580. The summed E-state index contributed by atoms with van der Waals surface area (Å²) in [5.41, 5.74) is 5.46. The summed E-state index contributed by atoms with van der Waals surface area (Å²) >= 11 is 0. The number of hydrogen-bond donors (Lipinski definition) is 3. The Morgan fingerprint density at radius 1 is 1.07 bits per heavy atom. The largest absolute Gasteiger partial charge is 0.362 e. The summed E-state index contributed by atoms with van der Waals surface area (Å²) in [7, 11) is -3.76. The average molecular weight is 431 g/mol. The molecule has 30 heavy (non-hydrogen) atoms. The van der Waals surface area contributed by atoms with Gasteiger partial charge in [0.1, 0.15) is 0 Å². The van der Waals surface area contributed by atoms with Crippen LogP contribution in [0.15, 0.2) is 35.2 Å². The van der Waals surface area contributed by atoms with Crippen LogP contribution in [0.5, 0.6) is 0 Å². The molecule has 4 N–H and O–H groups in total. The van der Waals surface area contributed by atoms with Gasteiger partial charge >= 0.3 is 0 Å². The molecule has 2 amide bonds. The molecular formula is C21H26N4O4S. The van der Waals surface area contributed by atoms with Gasteiger partial charge in [-0.25, -0.2) is 13.6 Å². The molecule has 0 saturated carbocycles. The topological polar surface area (TPSA) is 122 Å². The third-order valence-corrected chi connectivity index (χ3v) is 6.00. The lowest BCUT2D eigenvalue weighted by atomic mass is 10.1. The summed E-state index contributed by atoms with van der Waals surface area (Å²) in [6.07, 6.45) is 0.623. The van der Waals surface area contributed by atoms with Gasteiger partial charge in [0.25, 0.3) is 0 Å². The first-order valence-corrected chi connectivity index (χ1v) is 11.1. The second kappa shape index (κ2) is 8.45. The van der Waals surface area contributed by atoms with E-state index in [4.69, 9.17) is 5.14 Å². The van der Waals surface area contributed by atoms with Gasteiger partial charge in [-0.2, -0.15) is 0 Å².